The highest BCUT2D eigenvalue weighted by Crippen LogP contribution is 2.43. The lowest BCUT2D eigenvalue weighted by Crippen LogP contribution is -2.52. The molecule has 4 unspecified atom stereocenters. The molecule has 2 aliphatic rings. The van der Waals surface area contributed by atoms with Crippen molar-refractivity contribution in [3.05, 3.63) is 0 Å². The van der Waals surface area contributed by atoms with Crippen LogP contribution in [-0.4, -0.2) is 46.8 Å². The first-order valence-electron chi connectivity index (χ1n) is 4.13. The van der Waals surface area contributed by atoms with Crippen molar-refractivity contribution in [3.63, 3.8) is 0 Å². The Hall–Kier alpha value is -0.160. The van der Waals surface area contributed by atoms with Gasteiger partial charge in [0, 0.05) is 0 Å². The first-order chi connectivity index (χ1) is 5.47. The van der Waals surface area contributed by atoms with Crippen LogP contribution in [0.5, 0.6) is 0 Å². The van der Waals surface area contributed by atoms with Crippen molar-refractivity contribution in [2.75, 3.05) is 13.2 Å². The van der Waals surface area contributed by atoms with E-state index in [-0.39, 0.29) is 19.3 Å². The molecule has 70 valence electrons. The second kappa shape index (κ2) is 2.20. The van der Waals surface area contributed by atoms with E-state index < -0.39 is 17.3 Å². The van der Waals surface area contributed by atoms with Gasteiger partial charge in [0.1, 0.15) is 23.4 Å². The average molecular weight is 174 g/mol. The third-order valence-electron chi connectivity index (χ3n) is 3.06. The Morgan fingerprint density at radius 3 is 2.67 bits per heavy atom. The summed E-state index contributed by atoms with van der Waals surface area (Å²) < 4.78 is 10.6. The van der Waals surface area contributed by atoms with Crippen LogP contribution in [0.2, 0.25) is 0 Å². The van der Waals surface area contributed by atoms with E-state index in [1.165, 1.54) is 0 Å². The van der Waals surface area contributed by atoms with Gasteiger partial charge in [0.15, 0.2) is 0 Å². The molecule has 0 aromatic rings. The standard InChI is InChI=1S/C8H14O4/c1-7(10)4-11-6-5(9)3-12-8(6,7)2/h5-6,9-10H,3-4H2,1-2H3. The summed E-state index contributed by atoms with van der Waals surface area (Å²) in [6, 6.07) is 0. The molecular formula is C8H14O4. The van der Waals surface area contributed by atoms with Gasteiger partial charge in [0.2, 0.25) is 0 Å². The van der Waals surface area contributed by atoms with Gasteiger partial charge in [-0.25, -0.2) is 0 Å². The Morgan fingerprint density at radius 1 is 1.42 bits per heavy atom. The van der Waals surface area contributed by atoms with Gasteiger partial charge in [-0.2, -0.15) is 0 Å². The molecule has 0 aliphatic carbocycles. The van der Waals surface area contributed by atoms with Crippen LogP contribution in [0, 0.1) is 0 Å². The molecule has 12 heavy (non-hydrogen) atoms. The minimum Gasteiger partial charge on any atom is -0.388 e. The molecule has 0 aromatic carbocycles. The van der Waals surface area contributed by atoms with E-state index in [0.29, 0.717) is 0 Å². The van der Waals surface area contributed by atoms with E-state index in [1.54, 1.807) is 13.8 Å². The first kappa shape index (κ1) is 8.44. The molecule has 2 fully saturated rings. The van der Waals surface area contributed by atoms with Gasteiger partial charge in [-0.1, -0.05) is 0 Å². The summed E-state index contributed by atoms with van der Waals surface area (Å²) in [6.45, 7) is 3.93. The topological polar surface area (TPSA) is 58.9 Å². The first-order valence-corrected chi connectivity index (χ1v) is 4.13. The molecule has 0 saturated carbocycles. The van der Waals surface area contributed by atoms with Gasteiger partial charge in [0.05, 0.1) is 13.2 Å². The molecule has 2 saturated heterocycles. The van der Waals surface area contributed by atoms with Crippen LogP contribution in [0.15, 0.2) is 0 Å². The summed E-state index contributed by atoms with van der Waals surface area (Å²) in [5.74, 6) is 0. The molecule has 2 aliphatic heterocycles. The summed E-state index contributed by atoms with van der Waals surface area (Å²) in [4.78, 5) is 0. The lowest BCUT2D eigenvalue weighted by Gasteiger charge is -2.32. The molecule has 0 amide bonds. The van der Waals surface area contributed by atoms with E-state index >= 15 is 0 Å². The van der Waals surface area contributed by atoms with E-state index in [2.05, 4.69) is 0 Å². The fourth-order valence-corrected chi connectivity index (χ4v) is 1.92. The van der Waals surface area contributed by atoms with Gasteiger partial charge in [0.25, 0.3) is 0 Å². The molecule has 4 nitrogen and oxygen atoms in total. The van der Waals surface area contributed by atoms with Gasteiger partial charge in [-0.05, 0) is 13.8 Å². The molecular weight excluding hydrogens is 160 g/mol. The molecule has 0 radical (unpaired) electrons. The highest BCUT2D eigenvalue weighted by atomic mass is 16.6. The second-order valence-electron chi connectivity index (χ2n) is 3.99. The summed E-state index contributed by atoms with van der Waals surface area (Å²) in [6.07, 6.45) is -0.989. The molecule has 0 bridgehead atoms. The Morgan fingerprint density at radius 2 is 2.08 bits per heavy atom. The van der Waals surface area contributed by atoms with Gasteiger partial charge >= 0.3 is 0 Å². The largest absolute Gasteiger partial charge is 0.388 e. The van der Waals surface area contributed by atoms with Gasteiger partial charge < -0.3 is 19.7 Å². The average Bonchev–Trinajstić information content (AvgIpc) is 2.37. The van der Waals surface area contributed by atoms with Crippen molar-refractivity contribution >= 4 is 0 Å². The summed E-state index contributed by atoms with van der Waals surface area (Å²) in [5, 5.41) is 19.3. The quantitative estimate of drug-likeness (QED) is 0.509. The van der Waals surface area contributed by atoms with Crippen LogP contribution >= 0.6 is 0 Å². The van der Waals surface area contributed by atoms with Crippen LogP contribution in [0.1, 0.15) is 13.8 Å². The van der Waals surface area contributed by atoms with E-state index in [4.69, 9.17) is 9.47 Å². The molecule has 0 aromatic heterocycles. The third kappa shape index (κ3) is 0.808. The van der Waals surface area contributed by atoms with Crippen molar-refractivity contribution in [1.29, 1.82) is 0 Å². The molecule has 4 heteroatoms. The normalized spacial score (nSPS) is 59.0. The Bertz CT molecular complexity index is 203. The van der Waals surface area contributed by atoms with Crippen molar-refractivity contribution in [2.24, 2.45) is 0 Å². The summed E-state index contributed by atoms with van der Waals surface area (Å²) in [7, 11) is 0. The van der Waals surface area contributed by atoms with Gasteiger partial charge in [-0.15, -0.1) is 0 Å². The number of aliphatic hydroxyl groups is 2. The lowest BCUT2D eigenvalue weighted by molar-refractivity contribution is -0.118. The minimum atomic E-state index is -0.991. The molecule has 2 rings (SSSR count). The maximum Gasteiger partial charge on any atom is 0.125 e. The van der Waals surface area contributed by atoms with Crippen molar-refractivity contribution in [3.8, 4) is 0 Å². The maximum absolute atomic E-state index is 9.88. The monoisotopic (exact) mass is 174 g/mol. The van der Waals surface area contributed by atoms with E-state index in [9.17, 15) is 10.2 Å². The minimum absolute atomic E-state index is 0.227. The van der Waals surface area contributed by atoms with E-state index in [1.807, 2.05) is 0 Å². The fourth-order valence-electron chi connectivity index (χ4n) is 1.92. The third-order valence-corrected chi connectivity index (χ3v) is 3.06. The van der Waals surface area contributed by atoms with Crippen LogP contribution in [0.3, 0.4) is 0 Å². The van der Waals surface area contributed by atoms with Crippen molar-refractivity contribution in [1.82, 2.24) is 0 Å². The van der Waals surface area contributed by atoms with Crippen LogP contribution in [0.25, 0.3) is 0 Å². The van der Waals surface area contributed by atoms with Crippen molar-refractivity contribution < 1.29 is 19.7 Å². The van der Waals surface area contributed by atoms with E-state index in [0.717, 1.165) is 0 Å². The summed E-state index contributed by atoms with van der Waals surface area (Å²) >= 11 is 0. The molecule has 4 atom stereocenters. The highest BCUT2D eigenvalue weighted by Gasteiger charge is 2.62. The molecule has 2 heterocycles. The predicted molar refractivity (Wildman–Crippen MR) is 40.7 cm³/mol. The van der Waals surface area contributed by atoms with Gasteiger partial charge in [-0.3, -0.25) is 0 Å². The van der Waals surface area contributed by atoms with Crippen molar-refractivity contribution in [2.45, 2.75) is 37.3 Å². The fraction of sp³-hybridized carbons (Fsp3) is 1.00. The maximum atomic E-state index is 9.88. The Labute approximate surface area is 71.1 Å². The Balaban J connectivity index is 2.31. The van der Waals surface area contributed by atoms with Crippen LogP contribution in [-0.2, 0) is 9.47 Å². The smallest absolute Gasteiger partial charge is 0.125 e. The Kier molecular flexibility index (Phi) is 1.55. The number of fused-ring (bicyclic) bond motifs is 1. The number of hydrogen-bond acceptors (Lipinski definition) is 4. The van der Waals surface area contributed by atoms with Crippen LogP contribution < -0.4 is 0 Å². The zero-order valence-electron chi connectivity index (χ0n) is 7.28. The zero-order chi connectivity index (χ0) is 8.98. The summed E-state index contributed by atoms with van der Waals surface area (Å²) in [5.41, 5.74) is -1.73. The SMILES string of the molecule is CC1(O)COC2C(O)COC21C. The second-order valence-corrected chi connectivity index (χ2v) is 3.99. The highest BCUT2D eigenvalue weighted by molar-refractivity contribution is 5.11. The lowest BCUT2D eigenvalue weighted by atomic mass is 9.84. The number of aliphatic hydroxyl groups excluding tert-OH is 1. The number of ether oxygens (including phenoxy) is 2. The number of rotatable bonds is 0. The molecule has 2 N–H and O–H groups in total. The van der Waals surface area contributed by atoms with Crippen LogP contribution in [0.4, 0.5) is 0 Å². The number of hydrogen-bond donors (Lipinski definition) is 2. The molecule has 0 spiro atoms. The zero-order valence-corrected chi connectivity index (χ0v) is 7.28. The predicted octanol–water partition coefficient (Wildman–Crippen LogP) is -0.714.